The van der Waals surface area contributed by atoms with E-state index in [-0.39, 0.29) is 0 Å². The summed E-state index contributed by atoms with van der Waals surface area (Å²) in [6, 6.07) is 0.425. The molecule has 0 amide bonds. The minimum Gasteiger partial charge on any atom is -0.479 e. The number of hydrogen-bond acceptors (Lipinski definition) is 2. The minimum atomic E-state index is 0.425. The lowest BCUT2D eigenvalue weighted by molar-refractivity contribution is 0.218. The number of nitrogens with zero attached hydrogens (tertiary/aromatic N) is 1. The van der Waals surface area contributed by atoms with Crippen molar-refractivity contribution in [1.29, 1.82) is 0 Å². The van der Waals surface area contributed by atoms with E-state index in [1.807, 2.05) is 0 Å². The molecule has 1 aliphatic heterocycles. The highest BCUT2D eigenvalue weighted by Gasteiger charge is 2.29. The average molecular weight is 267 g/mol. The van der Waals surface area contributed by atoms with Crippen LogP contribution in [0.3, 0.4) is 0 Å². The molecule has 0 aromatic heterocycles. The molecule has 1 rings (SSSR count). The maximum atomic E-state index is 5.78. The molecule has 3 atom stereocenters. The molecule has 0 aromatic rings. The highest BCUT2D eigenvalue weighted by atomic mass is 16.5. The molecule has 3 unspecified atom stereocenters. The van der Waals surface area contributed by atoms with Crippen molar-refractivity contribution in [2.24, 2.45) is 16.8 Å². The Morgan fingerprint density at radius 1 is 1.16 bits per heavy atom. The zero-order valence-corrected chi connectivity index (χ0v) is 13.5. The van der Waals surface area contributed by atoms with Crippen molar-refractivity contribution in [2.75, 3.05) is 6.61 Å². The van der Waals surface area contributed by atoms with Gasteiger partial charge >= 0.3 is 0 Å². The SMILES string of the molecule is CCCCCC(C)C(CC)C1COC(CCCC)=N1. The summed E-state index contributed by atoms with van der Waals surface area (Å²) in [7, 11) is 0. The van der Waals surface area contributed by atoms with E-state index in [4.69, 9.17) is 9.73 Å². The molecule has 0 fully saturated rings. The second-order valence-corrected chi connectivity index (χ2v) is 6.05. The lowest BCUT2D eigenvalue weighted by Gasteiger charge is -2.25. The number of hydrogen-bond donors (Lipinski definition) is 0. The summed E-state index contributed by atoms with van der Waals surface area (Å²) in [5.74, 6) is 2.50. The van der Waals surface area contributed by atoms with Crippen LogP contribution >= 0.6 is 0 Å². The summed E-state index contributed by atoms with van der Waals surface area (Å²) in [5.41, 5.74) is 0. The van der Waals surface area contributed by atoms with E-state index in [0.717, 1.165) is 24.8 Å². The fraction of sp³-hybridized carbons (Fsp3) is 0.941. The van der Waals surface area contributed by atoms with Gasteiger partial charge in [0.1, 0.15) is 6.61 Å². The number of unbranched alkanes of at least 4 members (excludes halogenated alkanes) is 3. The van der Waals surface area contributed by atoms with Gasteiger partial charge in [-0.15, -0.1) is 0 Å². The molecule has 1 heterocycles. The van der Waals surface area contributed by atoms with Gasteiger partial charge in [0.15, 0.2) is 5.90 Å². The third kappa shape index (κ3) is 5.54. The lowest BCUT2D eigenvalue weighted by Crippen LogP contribution is -2.26. The van der Waals surface area contributed by atoms with E-state index in [2.05, 4.69) is 27.7 Å². The summed E-state index contributed by atoms with van der Waals surface area (Å²) >= 11 is 0. The summed E-state index contributed by atoms with van der Waals surface area (Å²) in [4.78, 5) is 4.84. The standard InChI is InChI=1S/C17H33NO/c1-5-8-10-11-14(4)15(7-3)16-13-19-17(18-16)12-9-6-2/h14-16H,5-13H2,1-4H3. The molecule has 1 aliphatic rings. The van der Waals surface area contributed by atoms with Crippen molar-refractivity contribution >= 4 is 5.90 Å². The molecule has 0 aromatic carbocycles. The first kappa shape index (κ1) is 16.5. The molecule has 19 heavy (non-hydrogen) atoms. The third-order valence-electron chi connectivity index (χ3n) is 4.43. The van der Waals surface area contributed by atoms with Gasteiger partial charge in [0.25, 0.3) is 0 Å². The molecule has 2 heteroatoms. The van der Waals surface area contributed by atoms with Gasteiger partial charge in [-0.2, -0.15) is 0 Å². The second kappa shape index (κ2) is 9.39. The van der Waals surface area contributed by atoms with Crippen LogP contribution < -0.4 is 0 Å². The lowest BCUT2D eigenvalue weighted by atomic mass is 9.82. The molecule has 0 radical (unpaired) electrons. The number of aliphatic imine (C=N–C) groups is 1. The summed E-state index contributed by atoms with van der Waals surface area (Å²) in [6.07, 6.45) is 10.1. The van der Waals surface area contributed by atoms with Gasteiger partial charge in [-0.25, -0.2) is 4.99 Å². The highest BCUT2D eigenvalue weighted by molar-refractivity contribution is 5.77. The fourth-order valence-corrected chi connectivity index (χ4v) is 3.11. The molecule has 0 spiro atoms. The number of ether oxygens (including phenoxy) is 1. The average Bonchev–Trinajstić information content (AvgIpc) is 2.86. The van der Waals surface area contributed by atoms with Crippen LogP contribution in [0, 0.1) is 11.8 Å². The Labute approximate surface area is 120 Å². The van der Waals surface area contributed by atoms with Gasteiger partial charge in [0.2, 0.25) is 0 Å². The Bertz CT molecular complexity index is 262. The molecule has 2 nitrogen and oxygen atoms in total. The maximum absolute atomic E-state index is 5.78. The van der Waals surface area contributed by atoms with Crippen molar-refractivity contribution < 1.29 is 4.74 Å². The van der Waals surface area contributed by atoms with Crippen molar-refractivity contribution in [2.45, 2.75) is 85.1 Å². The van der Waals surface area contributed by atoms with Gasteiger partial charge in [-0.1, -0.05) is 66.2 Å². The molecular weight excluding hydrogens is 234 g/mol. The molecule has 0 saturated carbocycles. The Morgan fingerprint density at radius 3 is 2.53 bits per heavy atom. The van der Waals surface area contributed by atoms with Crippen LogP contribution in [0.4, 0.5) is 0 Å². The van der Waals surface area contributed by atoms with Crippen LogP contribution in [-0.4, -0.2) is 18.5 Å². The van der Waals surface area contributed by atoms with Gasteiger partial charge in [-0.3, -0.25) is 0 Å². The van der Waals surface area contributed by atoms with E-state index in [1.165, 1.54) is 44.9 Å². The second-order valence-electron chi connectivity index (χ2n) is 6.05. The van der Waals surface area contributed by atoms with Crippen molar-refractivity contribution in [3.8, 4) is 0 Å². The first-order chi connectivity index (χ1) is 9.22. The maximum Gasteiger partial charge on any atom is 0.183 e. The van der Waals surface area contributed by atoms with E-state index in [1.54, 1.807) is 0 Å². The van der Waals surface area contributed by atoms with Crippen LogP contribution in [0.15, 0.2) is 4.99 Å². The number of rotatable bonds is 10. The van der Waals surface area contributed by atoms with E-state index < -0.39 is 0 Å². The summed E-state index contributed by atoms with van der Waals surface area (Å²) in [5, 5.41) is 0. The topological polar surface area (TPSA) is 21.6 Å². The predicted molar refractivity (Wildman–Crippen MR) is 83.8 cm³/mol. The first-order valence-electron chi connectivity index (χ1n) is 8.42. The van der Waals surface area contributed by atoms with Crippen molar-refractivity contribution in [3.63, 3.8) is 0 Å². The molecular formula is C17H33NO. The van der Waals surface area contributed by atoms with Gasteiger partial charge in [0, 0.05) is 6.42 Å². The van der Waals surface area contributed by atoms with Crippen LogP contribution in [0.5, 0.6) is 0 Å². The van der Waals surface area contributed by atoms with Gasteiger partial charge in [-0.05, 0) is 18.3 Å². The first-order valence-corrected chi connectivity index (χ1v) is 8.42. The van der Waals surface area contributed by atoms with Crippen molar-refractivity contribution in [3.05, 3.63) is 0 Å². The Kier molecular flexibility index (Phi) is 8.16. The smallest absolute Gasteiger partial charge is 0.183 e. The molecule has 0 N–H and O–H groups in total. The van der Waals surface area contributed by atoms with E-state index >= 15 is 0 Å². The molecule has 112 valence electrons. The molecule has 0 aliphatic carbocycles. The van der Waals surface area contributed by atoms with Gasteiger partial charge < -0.3 is 4.74 Å². The fourth-order valence-electron chi connectivity index (χ4n) is 3.11. The molecule has 0 saturated heterocycles. The zero-order valence-electron chi connectivity index (χ0n) is 13.5. The van der Waals surface area contributed by atoms with E-state index in [9.17, 15) is 0 Å². The Morgan fingerprint density at radius 2 is 1.89 bits per heavy atom. The summed E-state index contributed by atoms with van der Waals surface area (Å²) in [6.45, 7) is 10.0. The monoisotopic (exact) mass is 267 g/mol. The van der Waals surface area contributed by atoms with Crippen molar-refractivity contribution in [1.82, 2.24) is 0 Å². The van der Waals surface area contributed by atoms with E-state index in [0.29, 0.717) is 12.0 Å². The third-order valence-corrected chi connectivity index (χ3v) is 4.43. The van der Waals surface area contributed by atoms with Crippen LogP contribution in [0.25, 0.3) is 0 Å². The van der Waals surface area contributed by atoms with Crippen LogP contribution in [0.1, 0.15) is 79.1 Å². The predicted octanol–water partition coefficient (Wildman–Crippen LogP) is 5.22. The Hall–Kier alpha value is -0.530. The Balaban J connectivity index is 2.43. The minimum absolute atomic E-state index is 0.425. The highest BCUT2D eigenvalue weighted by Crippen LogP contribution is 2.29. The summed E-state index contributed by atoms with van der Waals surface area (Å²) < 4.78 is 5.78. The normalized spacial score (nSPS) is 21.9. The zero-order chi connectivity index (χ0) is 14.1. The molecule has 0 bridgehead atoms. The van der Waals surface area contributed by atoms with Gasteiger partial charge in [0.05, 0.1) is 6.04 Å². The van der Waals surface area contributed by atoms with Crippen LogP contribution in [-0.2, 0) is 4.74 Å². The van der Waals surface area contributed by atoms with Crippen LogP contribution in [0.2, 0.25) is 0 Å². The largest absolute Gasteiger partial charge is 0.479 e. The quantitative estimate of drug-likeness (QED) is 0.497.